The summed E-state index contributed by atoms with van der Waals surface area (Å²) in [5.41, 5.74) is 2.19. The molecule has 1 aromatic heterocycles. The van der Waals surface area contributed by atoms with Crippen LogP contribution in [0.15, 0.2) is 53.5 Å². The highest BCUT2D eigenvalue weighted by Crippen LogP contribution is 2.11. The Morgan fingerprint density at radius 2 is 1.95 bits per heavy atom. The van der Waals surface area contributed by atoms with Gasteiger partial charge in [0.05, 0.1) is 5.52 Å². The third-order valence-corrected chi connectivity index (χ3v) is 3.15. The summed E-state index contributed by atoms with van der Waals surface area (Å²) >= 11 is 0. The predicted molar refractivity (Wildman–Crippen MR) is 85.1 cm³/mol. The monoisotopic (exact) mass is 270 g/mol. The molecule has 0 bridgehead atoms. The fourth-order valence-corrected chi connectivity index (χ4v) is 2.09. The molecule has 0 atom stereocenters. The number of aromatic nitrogens is 1. The Morgan fingerprint density at radius 3 is 2.65 bits per heavy atom. The van der Waals surface area contributed by atoms with Crippen LogP contribution in [0, 0.1) is 0 Å². The van der Waals surface area contributed by atoms with E-state index in [0.717, 1.165) is 23.0 Å². The number of pyridine rings is 1. The fourth-order valence-electron chi connectivity index (χ4n) is 2.09. The lowest BCUT2D eigenvalue weighted by Gasteiger charge is -2.22. The molecule has 0 saturated carbocycles. The van der Waals surface area contributed by atoms with Crippen molar-refractivity contribution in [2.24, 2.45) is 0 Å². The highest BCUT2D eigenvalue weighted by Gasteiger charge is 2.09. The number of hydrogen-bond acceptors (Lipinski definition) is 2. The summed E-state index contributed by atoms with van der Waals surface area (Å²) in [6.45, 7) is 12.0. The Hall–Kier alpha value is -1.87. The van der Waals surface area contributed by atoms with Gasteiger partial charge in [-0.05, 0) is 38.5 Å². The van der Waals surface area contributed by atoms with Crippen molar-refractivity contribution in [2.45, 2.75) is 32.9 Å². The average molecular weight is 270 g/mol. The van der Waals surface area contributed by atoms with E-state index in [0.29, 0.717) is 6.54 Å². The zero-order valence-electron chi connectivity index (χ0n) is 12.4. The molecule has 2 aromatic rings. The Balaban J connectivity index is 2.20. The summed E-state index contributed by atoms with van der Waals surface area (Å²) in [7, 11) is 0. The summed E-state index contributed by atoms with van der Waals surface area (Å²) in [5.74, 6) is 0. The smallest absolute Gasteiger partial charge is 0.189 e. The van der Waals surface area contributed by atoms with Crippen LogP contribution in [-0.2, 0) is 6.54 Å². The van der Waals surface area contributed by atoms with Crippen molar-refractivity contribution in [3.63, 3.8) is 0 Å². The summed E-state index contributed by atoms with van der Waals surface area (Å²) in [5, 5.41) is 4.18. The molecule has 0 fully saturated rings. The molecule has 0 spiro atoms. The molecule has 1 heterocycles. The van der Waals surface area contributed by atoms with Gasteiger partial charge in [-0.25, -0.2) is 0 Å². The maximum Gasteiger partial charge on any atom is 0.189 e. The third-order valence-electron chi connectivity index (χ3n) is 3.15. The van der Waals surface area contributed by atoms with Gasteiger partial charge in [0, 0.05) is 36.3 Å². The van der Waals surface area contributed by atoms with Crippen LogP contribution in [0.5, 0.6) is 0 Å². The van der Waals surface area contributed by atoms with Crippen LogP contribution in [0.2, 0.25) is 0 Å². The SMILES string of the molecule is C=C(CNC(C)(C)C)Cn1ccc(=O)c2ccccc21. The zero-order valence-corrected chi connectivity index (χ0v) is 12.4. The maximum absolute atomic E-state index is 11.8. The van der Waals surface area contributed by atoms with Crippen LogP contribution in [0.3, 0.4) is 0 Å². The van der Waals surface area contributed by atoms with E-state index in [4.69, 9.17) is 0 Å². The second-order valence-corrected chi connectivity index (χ2v) is 6.18. The van der Waals surface area contributed by atoms with E-state index in [1.807, 2.05) is 30.5 Å². The van der Waals surface area contributed by atoms with Crippen LogP contribution in [0.4, 0.5) is 0 Å². The van der Waals surface area contributed by atoms with E-state index in [1.54, 1.807) is 6.07 Å². The van der Waals surface area contributed by atoms with Crippen LogP contribution in [-0.4, -0.2) is 16.7 Å². The Labute approximate surface area is 119 Å². The maximum atomic E-state index is 11.8. The van der Waals surface area contributed by atoms with Crippen molar-refractivity contribution in [1.29, 1.82) is 0 Å². The van der Waals surface area contributed by atoms with Gasteiger partial charge < -0.3 is 9.88 Å². The van der Waals surface area contributed by atoms with Gasteiger partial charge in [0.15, 0.2) is 5.43 Å². The van der Waals surface area contributed by atoms with Crippen molar-refractivity contribution in [2.75, 3.05) is 6.54 Å². The lowest BCUT2D eigenvalue weighted by atomic mass is 10.1. The molecule has 106 valence electrons. The Bertz CT molecular complexity index is 677. The number of hydrogen-bond donors (Lipinski definition) is 1. The molecule has 2 rings (SSSR count). The molecule has 0 saturated heterocycles. The molecule has 0 radical (unpaired) electrons. The predicted octanol–water partition coefficient (Wildman–Crippen LogP) is 2.95. The number of nitrogens with one attached hydrogen (secondary N) is 1. The highest BCUT2D eigenvalue weighted by atomic mass is 16.1. The molecular weight excluding hydrogens is 248 g/mol. The second-order valence-electron chi connectivity index (χ2n) is 6.18. The third kappa shape index (κ3) is 3.58. The largest absolute Gasteiger partial charge is 0.343 e. The molecule has 0 unspecified atom stereocenters. The number of fused-ring (bicyclic) bond motifs is 1. The minimum absolute atomic E-state index is 0.0651. The van der Waals surface area contributed by atoms with Crippen molar-refractivity contribution in [1.82, 2.24) is 9.88 Å². The molecule has 3 heteroatoms. The van der Waals surface area contributed by atoms with Gasteiger partial charge in [-0.15, -0.1) is 0 Å². The lowest BCUT2D eigenvalue weighted by molar-refractivity contribution is 0.440. The van der Waals surface area contributed by atoms with E-state index in [2.05, 4.69) is 37.2 Å². The normalized spacial score (nSPS) is 11.8. The van der Waals surface area contributed by atoms with Crippen molar-refractivity contribution < 1.29 is 0 Å². The number of rotatable bonds is 4. The molecule has 1 aromatic carbocycles. The fraction of sp³-hybridized carbons (Fsp3) is 0.353. The Kier molecular flexibility index (Phi) is 4.09. The highest BCUT2D eigenvalue weighted by molar-refractivity contribution is 5.78. The number of nitrogens with zero attached hydrogens (tertiary/aromatic N) is 1. The van der Waals surface area contributed by atoms with Gasteiger partial charge in [0.25, 0.3) is 0 Å². The second kappa shape index (κ2) is 5.63. The van der Waals surface area contributed by atoms with Crippen molar-refractivity contribution >= 4 is 10.9 Å². The lowest BCUT2D eigenvalue weighted by Crippen LogP contribution is -2.37. The first-order valence-corrected chi connectivity index (χ1v) is 6.87. The summed E-state index contributed by atoms with van der Waals surface area (Å²) in [6, 6.07) is 9.30. The Morgan fingerprint density at radius 1 is 1.25 bits per heavy atom. The van der Waals surface area contributed by atoms with Gasteiger partial charge >= 0.3 is 0 Å². The number of para-hydroxylation sites is 1. The number of benzene rings is 1. The van der Waals surface area contributed by atoms with E-state index < -0.39 is 0 Å². The summed E-state index contributed by atoms with van der Waals surface area (Å²) in [6.07, 6.45) is 1.84. The first kappa shape index (κ1) is 14.5. The first-order chi connectivity index (χ1) is 9.37. The molecule has 1 N–H and O–H groups in total. The van der Waals surface area contributed by atoms with E-state index in [-0.39, 0.29) is 11.0 Å². The van der Waals surface area contributed by atoms with Gasteiger partial charge in [0.2, 0.25) is 0 Å². The van der Waals surface area contributed by atoms with Gasteiger partial charge in [-0.1, -0.05) is 18.7 Å². The minimum atomic E-state index is 0.0651. The van der Waals surface area contributed by atoms with E-state index in [1.165, 1.54) is 0 Å². The molecular formula is C17H22N2O. The quantitative estimate of drug-likeness (QED) is 0.867. The standard InChI is InChI=1S/C17H22N2O/c1-13(11-18-17(2,3)4)12-19-10-9-16(20)14-7-5-6-8-15(14)19/h5-10,18H,1,11-12H2,2-4H3. The molecule has 3 nitrogen and oxygen atoms in total. The minimum Gasteiger partial charge on any atom is -0.343 e. The van der Waals surface area contributed by atoms with Crippen molar-refractivity contribution in [3.05, 3.63) is 58.9 Å². The average Bonchev–Trinajstić information content (AvgIpc) is 2.39. The van der Waals surface area contributed by atoms with Gasteiger partial charge in [-0.3, -0.25) is 4.79 Å². The van der Waals surface area contributed by atoms with Crippen LogP contribution < -0.4 is 10.7 Å². The van der Waals surface area contributed by atoms with E-state index >= 15 is 0 Å². The molecule has 0 amide bonds. The molecule has 0 aliphatic heterocycles. The molecule has 20 heavy (non-hydrogen) atoms. The summed E-state index contributed by atoms with van der Waals surface area (Å²) < 4.78 is 2.07. The van der Waals surface area contributed by atoms with Crippen LogP contribution >= 0.6 is 0 Å². The van der Waals surface area contributed by atoms with E-state index in [9.17, 15) is 4.79 Å². The zero-order chi connectivity index (χ0) is 14.8. The summed E-state index contributed by atoms with van der Waals surface area (Å²) in [4.78, 5) is 11.8. The van der Waals surface area contributed by atoms with Crippen LogP contribution in [0.1, 0.15) is 20.8 Å². The van der Waals surface area contributed by atoms with Crippen LogP contribution in [0.25, 0.3) is 10.9 Å². The van der Waals surface area contributed by atoms with Gasteiger partial charge in [-0.2, -0.15) is 0 Å². The van der Waals surface area contributed by atoms with Gasteiger partial charge in [0.1, 0.15) is 0 Å². The molecule has 0 aliphatic carbocycles. The van der Waals surface area contributed by atoms with Crippen molar-refractivity contribution in [3.8, 4) is 0 Å². The topological polar surface area (TPSA) is 34.0 Å². The molecule has 0 aliphatic rings. The first-order valence-electron chi connectivity index (χ1n) is 6.87.